The molecule has 0 unspecified atom stereocenters. The Morgan fingerprint density at radius 3 is 2.47 bits per heavy atom. The number of carbonyl (C=O) groups is 1. The second-order valence-corrected chi connectivity index (χ2v) is 3.63. The van der Waals surface area contributed by atoms with Crippen LogP contribution in [0.5, 0.6) is 5.75 Å². The summed E-state index contributed by atoms with van der Waals surface area (Å²) < 4.78 is 53.6. The quantitative estimate of drug-likeness (QED) is 0.663. The minimum atomic E-state index is -4.64. The van der Waals surface area contributed by atoms with Crippen LogP contribution in [0, 0.1) is 0 Å². The molecule has 1 aromatic rings. The molecule has 7 heteroatoms. The summed E-state index contributed by atoms with van der Waals surface area (Å²) in [5.74, 6) is -1.77. The van der Waals surface area contributed by atoms with Crippen molar-refractivity contribution < 1.29 is 32.2 Å². The monoisotopic (exact) mass is 278 g/mol. The zero-order valence-corrected chi connectivity index (χ0v) is 9.74. The maximum atomic E-state index is 12.8. The first-order valence-electron chi connectivity index (χ1n) is 5.09. The Balaban J connectivity index is 3.10. The van der Waals surface area contributed by atoms with Crippen molar-refractivity contribution in [1.29, 1.82) is 0 Å². The molecular weight excluding hydrogens is 268 g/mol. The molecule has 1 rings (SSSR count). The highest BCUT2D eigenvalue weighted by atomic mass is 19.3. The van der Waals surface area contributed by atoms with E-state index in [9.17, 15) is 22.4 Å². The second-order valence-electron chi connectivity index (χ2n) is 3.63. The van der Waals surface area contributed by atoms with Crippen LogP contribution in [0.3, 0.4) is 0 Å². The molecule has 0 saturated heterocycles. The van der Waals surface area contributed by atoms with Crippen LogP contribution in [0.2, 0.25) is 0 Å². The van der Waals surface area contributed by atoms with Gasteiger partial charge in [-0.3, -0.25) is 0 Å². The van der Waals surface area contributed by atoms with Gasteiger partial charge in [-0.25, -0.2) is 4.79 Å². The summed E-state index contributed by atoms with van der Waals surface area (Å²) in [6.07, 6.45) is -7.56. The third-order valence-corrected chi connectivity index (χ3v) is 2.13. The second kappa shape index (κ2) is 5.73. The first kappa shape index (κ1) is 15.0. The normalized spacial score (nSPS) is 12.6. The highest BCUT2D eigenvalue weighted by molar-refractivity contribution is 5.91. The minimum Gasteiger partial charge on any atom is -0.478 e. The fraction of sp³-hybridized carbons (Fsp3) is 0.250. The Labute approximate surface area is 106 Å². The lowest BCUT2D eigenvalue weighted by atomic mass is 10.1. The molecule has 0 spiro atoms. The highest BCUT2D eigenvalue weighted by Gasteiger charge is 2.44. The number of aliphatic carboxylic acids is 1. The zero-order chi connectivity index (χ0) is 14.6. The van der Waals surface area contributed by atoms with Gasteiger partial charge in [-0.05, 0) is 19.1 Å². The van der Waals surface area contributed by atoms with E-state index in [1.165, 1.54) is 25.1 Å². The number of alkyl halides is 4. The summed E-state index contributed by atoms with van der Waals surface area (Å²) in [6, 6.07) is 5.08. The van der Waals surface area contributed by atoms with Crippen LogP contribution in [0.1, 0.15) is 12.5 Å². The molecule has 1 N–H and O–H groups in total. The van der Waals surface area contributed by atoms with Gasteiger partial charge in [-0.2, -0.15) is 17.6 Å². The van der Waals surface area contributed by atoms with E-state index >= 15 is 0 Å². The number of carboxylic acids is 1. The van der Waals surface area contributed by atoms with Crippen LogP contribution in [-0.4, -0.2) is 23.6 Å². The molecule has 0 fully saturated rings. The van der Waals surface area contributed by atoms with Crippen molar-refractivity contribution in [2.75, 3.05) is 0 Å². The number of benzene rings is 1. The average Bonchev–Trinajstić information content (AvgIpc) is 2.30. The van der Waals surface area contributed by atoms with E-state index in [1.807, 2.05) is 0 Å². The third-order valence-electron chi connectivity index (χ3n) is 2.13. The zero-order valence-electron chi connectivity index (χ0n) is 9.74. The van der Waals surface area contributed by atoms with E-state index in [0.29, 0.717) is 0 Å². The number of ether oxygens (including phenoxy) is 1. The standard InChI is InChI=1S/C12H10F4O3/c1-7(10(17)18)6-8-4-2-3-5-9(8)19-12(15,16)11(13)14/h2-6,11H,1H3,(H,17,18)/b7-6+. The summed E-state index contributed by atoms with van der Waals surface area (Å²) in [6.45, 7) is 1.24. The van der Waals surface area contributed by atoms with Gasteiger partial charge < -0.3 is 9.84 Å². The van der Waals surface area contributed by atoms with Gasteiger partial charge in [0, 0.05) is 11.1 Å². The lowest BCUT2D eigenvalue weighted by Gasteiger charge is -2.18. The molecule has 104 valence electrons. The molecule has 0 aromatic heterocycles. The van der Waals surface area contributed by atoms with E-state index in [-0.39, 0.29) is 11.1 Å². The van der Waals surface area contributed by atoms with Gasteiger partial charge in [0.05, 0.1) is 0 Å². The van der Waals surface area contributed by atoms with Gasteiger partial charge in [0.25, 0.3) is 0 Å². The van der Waals surface area contributed by atoms with E-state index in [4.69, 9.17) is 5.11 Å². The topological polar surface area (TPSA) is 46.5 Å². The number of rotatable bonds is 5. The third kappa shape index (κ3) is 3.97. The Hall–Kier alpha value is -2.05. The smallest absolute Gasteiger partial charge is 0.461 e. The van der Waals surface area contributed by atoms with E-state index in [0.717, 1.165) is 12.1 Å². The lowest BCUT2D eigenvalue weighted by Crippen LogP contribution is -2.33. The molecule has 0 saturated carbocycles. The largest absolute Gasteiger partial charge is 0.478 e. The number of halogens is 4. The van der Waals surface area contributed by atoms with Crippen LogP contribution in [0.25, 0.3) is 6.08 Å². The number of carboxylic acid groups (broad SMARTS) is 1. The van der Waals surface area contributed by atoms with Crippen LogP contribution in [-0.2, 0) is 4.79 Å². The van der Waals surface area contributed by atoms with Crippen molar-refractivity contribution in [3.8, 4) is 5.75 Å². The molecule has 0 aliphatic rings. The van der Waals surface area contributed by atoms with Crippen LogP contribution < -0.4 is 4.74 Å². The Kier molecular flexibility index (Phi) is 4.52. The van der Waals surface area contributed by atoms with Crippen molar-refractivity contribution in [2.45, 2.75) is 19.5 Å². The van der Waals surface area contributed by atoms with Crippen LogP contribution >= 0.6 is 0 Å². The fourth-order valence-electron chi connectivity index (χ4n) is 1.18. The minimum absolute atomic E-state index is 0.0253. The molecular formula is C12H10F4O3. The molecule has 0 aliphatic heterocycles. The van der Waals surface area contributed by atoms with Crippen molar-refractivity contribution >= 4 is 12.0 Å². The first-order valence-corrected chi connectivity index (χ1v) is 5.09. The van der Waals surface area contributed by atoms with Gasteiger partial charge in [0.1, 0.15) is 5.75 Å². The number of hydrogen-bond acceptors (Lipinski definition) is 2. The average molecular weight is 278 g/mol. The predicted octanol–water partition coefficient (Wildman–Crippen LogP) is 3.41. The first-order chi connectivity index (χ1) is 8.74. The molecule has 0 atom stereocenters. The van der Waals surface area contributed by atoms with Gasteiger partial charge in [-0.15, -0.1) is 0 Å². The van der Waals surface area contributed by atoms with Gasteiger partial charge in [0.2, 0.25) is 0 Å². The lowest BCUT2D eigenvalue weighted by molar-refractivity contribution is -0.253. The van der Waals surface area contributed by atoms with Gasteiger partial charge in [-0.1, -0.05) is 18.2 Å². The molecule has 1 aromatic carbocycles. The Morgan fingerprint density at radius 2 is 1.95 bits per heavy atom. The molecule has 0 heterocycles. The number of hydrogen-bond donors (Lipinski definition) is 1. The van der Waals surface area contributed by atoms with E-state index in [1.54, 1.807) is 0 Å². The molecule has 0 radical (unpaired) electrons. The molecule has 0 amide bonds. The molecule has 0 bridgehead atoms. The van der Waals surface area contributed by atoms with Crippen molar-refractivity contribution in [3.63, 3.8) is 0 Å². The van der Waals surface area contributed by atoms with Crippen LogP contribution in [0.4, 0.5) is 17.6 Å². The predicted molar refractivity (Wildman–Crippen MR) is 59.3 cm³/mol. The maximum absolute atomic E-state index is 12.8. The van der Waals surface area contributed by atoms with Gasteiger partial charge >= 0.3 is 18.5 Å². The summed E-state index contributed by atoms with van der Waals surface area (Å²) >= 11 is 0. The fourth-order valence-corrected chi connectivity index (χ4v) is 1.18. The Morgan fingerprint density at radius 1 is 1.37 bits per heavy atom. The number of para-hydroxylation sites is 1. The van der Waals surface area contributed by atoms with Crippen LogP contribution in [0.15, 0.2) is 29.8 Å². The molecule has 0 aliphatic carbocycles. The van der Waals surface area contributed by atoms with Crippen molar-refractivity contribution in [2.24, 2.45) is 0 Å². The van der Waals surface area contributed by atoms with Crippen molar-refractivity contribution in [3.05, 3.63) is 35.4 Å². The van der Waals surface area contributed by atoms with E-state index < -0.39 is 24.3 Å². The molecule has 19 heavy (non-hydrogen) atoms. The highest BCUT2D eigenvalue weighted by Crippen LogP contribution is 2.30. The Bertz CT molecular complexity index is 498. The summed E-state index contributed by atoms with van der Waals surface area (Å²) in [4.78, 5) is 10.6. The molecule has 3 nitrogen and oxygen atoms in total. The van der Waals surface area contributed by atoms with E-state index in [2.05, 4.69) is 4.74 Å². The SMILES string of the molecule is C/C(=C\c1ccccc1OC(F)(F)C(F)F)C(=O)O. The van der Waals surface area contributed by atoms with Crippen molar-refractivity contribution in [1.82, 2.24) is 0 Å². The summed E-state index contributed by atoms with van der Waals surface area (Å²) in [7, 11) is 0. The van der Waals surface area contributed by atoms with Gasteiger partial charge in [0.15, 0.2) is 0 Å². The maximum Gasteiger partial charge on any atom is 0.461 e. The summed E-state index contributed by atoms with van der Waals surface area (Å²) in [5.41, 5.74) is -0.167. The summed E-state index contributed by atoms with van der Waals surface area (Å²) in [5, 5.41) is 8.68.